The lowest BCUT2D eigenvalue weighted by molar-refractivity contribution is 0.0605. The molecule has 3 aromatic rings. The molecule has 0 amide bonds. The molecule has 3 aromatic heterocycles. The van der Waals surface area contributed by atoms with Gasteiger partial charge in [0.2, 0.25) is 0 Å². The number of ether oxygens (including phenoxy) is 1. The molecule has 0 aromatic carbocycles. The van der Waals surface area contributed by atoms with Crippen molar-refractivity contribution in [2.75, 3.05) is 7.11 Å². The van der Waals surface area contributed by atoms with Crippen LogP contribution in [0.4, 0.5) is 0 Å². The molecular formula is C13H10N2O3S2. The SMILES string of the molecule is COC(=O)c1sc2nc(-c3ccsc3)[nH]c(=O)c2c1C. The number of nitrogens with zero attached hydrogens (tertiary/aromatic N) is 1. The molecule has 0 bridgehead atoms. The summed E-state index contributed by atoms with van der Waals surface area (Å²) in [5, 5.41) is 4.28. The maximum atomic E-state index is 12.2. The summed E-state index contributed by atoms with van der Waals surface area (Å²) in [6, 6.07) is 1.89. The van der Waals surface area contributed by atoms with Crippen molar-refractivity contribution in [3.63, 3.8) is 0 Å². The molecule has 0 atom stereocenters. The Morgan fingerprint density at radius 2 is 2.25 bits per heavy atom. The van der Waals surface area contributed by atoms with E-state index in [9.17, 15) is 9.59 Å². The standard InChI is InChI=1S/C13H10N2O3S2/c1-6-8-11(16)14-10(7-3-4-19-5-7)15-12(8)20-9(6)13(17)18-2/h3-5H,1-2H3,(H,14,15,16). The second kappa shape index (κ2) is 4.84. The van der Waals surface area contributed by atoms with Gasteiger partial charge in [-0.15, -0.1) is 11.3 Å². The Labute approximate surface area is 121 Å². The lowest BCUT2D eigenvalue weighted by atomic mass is 10.2. The molecule has 20 heavy (non-hydrogen) atoms. The third kappa shape index (κ3) is 1.95. The van der Waals surface area contributed by atoms with Gasteiger partial charge in [-0.2, -0.15) is 11.3 Å². The van der Waals surface area contributed by atoms with E-state index >= 15 is 0 Å². The third-order valence-electron chi connectivity index (χ3n) is 2.97. The van der Waals surface area contributed by atoms with E-state index in [0.717, 1.165) is 5.56 Å². The van der Waals surface area contributed by atoms with Crippen molar-refractivity contribution in [3.05, 3.63) is 37.6 Å². The lowest BCUT2D eigenvalue weighted by Crippen LogP contribution is -2.09. The molecule has 5 nitrogen and oxygen atoms in total. The van der Waals surface area contributed by atoms with Crippen LogP contribution in [0.1, 0.15) is 15.2 Å². The van der Waals surface area contributed by atoms with Gasteiger partial charge < -0.3 is 9.72 Å². The molecule has 0 aliphatic heterocycles. The van der Waals surface area contributed by atoms with E-state index in [-0.39, 0.29) is 5.56 Å². The smallest absolute Gasteiger partial charge is 0.348 e. The van der Waals surface area contributed by atoms with E-state index in [4.69, 9.17) is 4.74 Å². The molecule has 0 saturated heterocycles. The number of fused-ring (bicyclic) bond motifs is 1. The van der Waals surface area contributed by atoms with Gasteiger partial charge >= 0.3 is 5.97 Å². The summed E-state index contributed by atoms with van der Waals surface area (Å²) < 4.78 is 4.72. The van der Waals surface area contributed by atoms with E-state index in [0.29, 0.717) is 26.5 Å². The van der Waals surface area contributed by atoms with Gasteiger partial charge in [-0.25, -0.2) is 9.78 Å². The molecule has 0 aliphatic carbocycles. The van der Waals surface area contributed by atoms with Crippen molar-refractivity contribution in [1.29, 1.82) is 0 Å². The number of aryl methyl sites for hydroxylation is 1. The summed E-state index contributed by atoms with van der Waals surface area (Å²) in [5.74, 6) is 0.0726. The molecule has 0 radical (unpaired) electrons. The molecule has 102 valence electrons. The van der Waals surface area contributed by atoms with Crippen molar-refractivity contribution in [2.45, 2.75) is 6.92 Å². The predicted octanol–water partition coefficient (Wildman–Crippen LogP) is 2.81. The number of thiophene rings is 2. The number of H-pyrrole nitrogens is 1. The Morgan fingerprint density at radius 1 is 1.45 bits per heavy atom. The van der Waals surface area contributed by atoms with Crippen LogP contribution in [-0.2, 0) is 4.74 Å². The van der Waals surface area contributed by atoms with E-state index in [1.807, 2.05) is 16.8 Å². The number of hydrogen-bond donors (Lipinski definition) is 1. The van der Waals surface area contributed by atoms with E-state index in [1.54, 1.807) is 6.92 Å². The molecule has 0 fully saturated rings. The van der Waals surface area contributed by atoms with Crippen LogP contribution in [0.2, 0.25) is 0 Å². The van der Waals surface area contributed by atoms with Crippen LogP contribution in [0.3, 0.4) is 0 Å². The maximum Gasteiger partial charge on any atom is 0.348 e. The number of aromatic amines is 1. The number of rotatable bonds is 2. The Hall–Kier alpha value is -1.99. The van der Waals surface area contributed by atoms with Crippen molar-refractivity contribution >= 4 is 38.9 Å². The molecule has 3 rings (SSSR count). The van der Waals surface area contributed by atoms with Crippen LogP contribution in [0, 0.1) is 6.92 Å². The first kappa shape index (κ1) is 13.0. The number of carbonyl (C=O) groups is 1. The van der Waals surface area contributed by atoms with Crippen LogP contribution in [-0.4, -0.2) is 23.0 Å². The van der Waals surface area contributed by atoms with Crippen molar-refractivity contribution < 1.29 is 9.53 Å². The monoisotopic (exact) mass is 306 g/mol. The predicted molar refractivity (Wildman–Crippen MR) is 79.6 cm³/mol. The third-order valence-corrected chi connectivity index (χ3v) is 4.81. The minimum atomic E-state index is -0.443. The summed E-state index contributed by atoms with van der Waals surface area (Å²) in [4.78, 5) is 32.0. The highest BCUT2D eigenvalue weighted by Crippen LogP contribution is 2.29. The molecule has 0 unspecified atom stereocenters. The fraction of sp³-hybridized carbons (Fsp3) is 0.154. The Bertz CT molecular complexity index is 846. The van der Waals surface area contributed by atoms with Gasteiger partial charge in [0.25, 0.3) is 5.56 Å². The summed E-state index contributed by atoms with van der Waals surface area (Å²) in [6.07, 6.45) is 0. The summed E-state index contributed by atoms with van der Waals surface area (Å²) in [5.41, 5.74) is 1.24. The average molecular weight is 306 g/mol. The highest BCUT2D eigenvalue weighted by molar-refractivity contribution is 7.20. The zero-order chi connectivity index (χ0) is 14.3. The molecule has 0 aliphatic rings. The molecular weight excluding hydrogens is 296 g/mol. The van der Waals surface area contributed by atoms with E-state index < -0.39 is 5.97 Å². The summed E-state index contributed by atoms with van der Waals surface area (Å²) in [6.45, 7) is 1.73. The average Bonchev–Trinajstić information content (AvgIpc) is 3.06. The summed E-state index contributed by atoms with van der Waals surface area (Å²) >= 11 is 2.71. The number of aromatic nitrogens is 2. The van der Waals surface area contributed by atoms with Gasteiger partial charge in [0, 0.05) is 10.9 Å². The highest BCUT2D eigenvalue weighted by Gasteiger charge is 2.19. The first-order valence-corrected chi connectivity index (χ1v) is 7.52. The number of methoxy groups -OCH3 is 1. The van der Waals surface area contributed by atoms with Gasteiger partial charge in [0.1, 0.15) is 15.5 Å². The minimum Gasteiger partial charge on any atom is -0.465 e. The second-order valence-corrected chi connectivity index (χ2v) is 5.93. The number of hydrogen-bond acceptors (Lipinski definition) is 6. The topological polar surface area (TPSA) is 72.0 Å². The Balaban J connectivity index is 2.28. The number of esters is 1. The van der Waals surface area contributed by atoms with Gasteiger partial charge in [0.05, 0.1) is 12.5 Å². The zero-order valence-corrected chi connectivity index (χ0v) is 12.4. The largest absolute Gasteiger partial charge is 0.465 e. The van der Waals surface area contributed by atoms with Crippen molar-refractivity contribution in [1.82, 2.24) is 9.97 Å². The van der Waals surface area contributed by atoms with Crippen molar-refractivity contribution in [2.24, 2.45) is 0 Å². The van der Waals surface area contributed by atoms with Gasteiger partial charge in [-0.05, 0) is 23.9 Å². The first-order valence-electron chi connectivity index (χ1n) is 5.76. The van der Waals surface area contributed by atoms with Crippen LogP contribution in [0.25, 0.3) is 21.6 Å². The van der Waals surface area contributed by atoms with Crippen LogP contribution in [0.15, 0.2) is 21.6 Å². The van der Waals surface area contributed by atoms with Gasteiger partial charge in [0.15, 0.2) is 0 Å². The second-order valence-electron chi connectivity index (χ2n) is 4.15. The van der Waals surface area contributed by atoms with Crippen LogP contribution >= 0.6 is 22.7 Å². The fourth-order valence-corrected chi connectivity index (χ4v) is 3.71. The van der Waals surface area contributed by atoms with Gasteiger partial charge in [-0.1, -0.05) is 0 Å². The maximum absolute atomic E-state index is 12.2. The normalized spacial score (nSPS) is 10.9. The first-order chi connectivity index (χ1) is 9.61. The van der Waals surface area contributed by atoms with Crippen LogP contribution in [0.5, 0.6) is 0 Å². The van der Waals surface area contributed by atoms with Crippen molar-refractivity contribution in [3.8, 4) is 11.4 Å². The molecule has 3 heterocycles. The Kier molecular flexibility index (Phi) is 3.15. The number of carbonyl (C=O) groups excluding carboxylic acids is 1. The van der Waals surface area contributed by atoms with Crippen LogP contribution < -0.4 is 5.56 Å². The van der Waals surface area contributed by atoms with E-state index in [1.165, 1.54) is 29.8 Å². The molecule has 7 heteroatoms. The minimum absolute atomic E-state index is 0.236. The quantitative estimate of drug-likeness (QED) is 0.739. The number of nitrogens with one attached hydrogen (secondary N) is 1. The zero-order valence-electron chi connectivity index (χ0n) is 10.7. The highest BCUT2D eigenvalue weighted by atomic mass is 32.1. The Morgan fingerprint density at radius 3 is 2.90 bits per heavy atom. The molecule has 0 saturated carbocycles. The fourth-order valence-electron chi connectivity index (χ4n) is 1.97. The lowest BCUT2D eigenvalue weighted by Gasteiger charge is -1.97. The molecule has 1 N–H and O–H groups in total. The summed E-state index contributed by atoms with van der Waals surface area (Å²) in [7, 11) is 1.32. The van der Waals surface area contributed by atoms with E-state index in [2.05, 4.69) is 9.97 Å². The molecule has 0 spiro atoms. The van der Waals surface area contributed by atoms with Gasteiger partial charge in [-0.3, -0.25) is 4.79 Å².